The van der Waals surface area contributed by atoms with Crippen LogP contribution >= 0.6 is 0 Å². The van der Waals surface area contributed by atoms with Gasteiger partial charge in [0.1, 0.15) is 15.9 Å². The molecule has 1 aromatic rings. The fraction of sp³-hybridized carbons (Fsp3) is 0.765. The van der Waals surface area contributed by atoms with E-state index < -0.39 is 9.84 Å². The summed E-state index contributed by atoms with van der Waals surface area (Å²) in [5.74, 6) is 0.634. The van der Waals surface area contributed by atoms with E-state index in [0.29, 0.717) is 17.5 Å². The van der Waals surface area contributed by atoms with Gasteiger partial charge in [0.05, 0.1) is 17.7 Å². The third-order valence-electron chi connectivity index (χ3n) is 5.42. The highest BCUT2D eigenvalue weighted by molar-refractivity contribution is 7.91. The molecule has 1 unspecified atom stereocenters. The second-order valence-electron chi connectivity index (χ2n) is 7.38. The minimum atomic E-state index is -2.81. The van der Waals surface area contributed by atoms with Gasteiger partial charge in [-0.05, 0) is 45.1 Å². The zero-order valence-corrected chi connectivity index (χ0v) is 15.8. The van der Waals surface area contributed by atoms with Gasteiger partial charge in [-0.2, -0.15) is 5.10 Å². The van der Waals surface area contributed by atoms with E-state index in [1.807, 2.05) is 20.0 Å². The molecule has 3 rings (SSSR count). The summed E-state index contributed by atoms with van der Waals surface area (Å²) in [4.78, 5) is 14.8. The molecule has 7 nitrogen and oxygen atoms in total. The van der Waals surface area contributed by atoms with Gasteiger partial charge in [0.25, 0.3) is 0 Å². The Morgan fingerprint density at radius 1 is 1.24 bits per heavy atom. The lowest BCUT2D eigenvalue weighted by molar-refractivity contribution is -0.125. The maximum atomic E-state index is 12.4. The monoisotopic (exact) mass is 368 g/mol. The molecule has 0 aliphatic carbocycles. The van der Waals surface area contributed by atoms with Crippen LogP contribution in [0.3, 0.4) is 0 Å². The standard InChI is InChI=1S/C17H28N4O3S/c1-13-11-18-21(12-13)14(2)17(22)19-15-3-7-20(8-4-15)16-5-9-25(23,24)10-6-16/h11-12,14-16H,3-10H2,1-2H3,(H,19,22). The largest absolute Gasteiger partial charge is 0.351 e. The number of nitrogens with zero attached hydrogens (tertiary/aromatic N) is 3. The number of hydrogen-bond donors (Lipinski definition) is 1. The predicted octanol–water partition coefficient (Wildman–Crippen LogP) is 0.910. The number of likely N-dealkylation sites (tertiary alicyclic amines) is 1. The molecule has 1 aromatic heterocycles. The van der Waals surface area contributed by atoms with Crippen molar-refractivity contribution in [2.24, 2.45) is 0 Å². The molecule has 0 spiro atoms. The number of piperidine rings is 1. The SMILES string of the molecule is Cc1cnn(C(C)C(=O)NC2CCN(C3CCS(=O)(=O)CC3)CC2)c1. The Bertz CT molecular complexity index is 693. The van der Waals surface area contributed by atoms with E-state index in [1.165, 1.54) is 0 Å². The minimum absolute atomic E-state index is 0.00492. The molecule has 2 aliphatic rings. The van der Waals surface area contributed by atoms with E-state index in [2.05, 4.69) is 15.3 Å². The van der Waals surface area contributed by atoms with Gasteiger partial charge in [-0.15, -0.1) is 0 Å². The van der Waals surface area contributed by atoms with Crippen LogP contribution in [0, 0.1) is 6.92 Å². The van der Waals surface area contributed by atoms with Gasteiger partial charge in [0.15, 0.2) is 0 Å². The third-order valence-corrected chi connectivity index (χ3v) is 7.14. The number of carbonyl (C=O) groups excluding carboxylic acids is 1. The van der Waals surface area contributed by atoms with Crippen LogP contribution in [0.15, 0.2) is 12.4 Å². The van der Waals surface area contributed by atoms with Gasteiger partial charge in [-0.3, -0.25) is 9.48 Å². The van der Waals surface area contributed by atoms with Crippen LogP contribution in [0.25, 0.3) is 0 Å². The lowest BCUT2D eigenvalue weighted by Gasteiger charge is -2.39. The molecular formula is C17H28N4O3S. The second kappa shape index (κ2) is 7.45. The zero-order chi connectivity index (χ0) is 18.0. The molecule has 1 atom stereocenters. The molecule has 1 amide bonds. The molecule has 25 heavy (non-hydrogen) atoms. The molecule has 0 radical (unpaired) electrons. The quantitative estimate of drug-likeness (QED) is 0.854. The molecule has 0 bridgehead atoms. The van der Waals surface area contributed by atoms with E-state index in [9.17, 15) is 13.2 Å². The summed E-state index contributed by atoms with van der Waals surface area (Å²) in [6.45, 7) is 5.66. The highest BCUT2D eigenvalue weighted by Gasteiger charge is 2.31. The molecule has 2 fully saturated rings. The van der Waals surface area contributed by atoms with E-state index in [1.54, 1.807) is 10.9 Å². The van der Waals surface area contributed by atoms with Crippen molar-refractivity contribution in [3.8, 4) is 0 Å². The van der Waals surface area contributed by atoms with Crippen molar-refractivity contribution < 1.29 is 13.2 Å². The molecular weight excluding hydrogens is 340 g/mol. The van der Waals surface area contributed by atoms with Crippen molar-refractivity contribution in [2.75, 3.05) is 24.6 Å². The first kappa shape index (κ1) is 18.4. The van der Waals surface area contributed by atoms with Crippen LogP contribution in [-0.4, -0.2) is 65.7 Å². The number of carbonyl (C=O) groups is 1. The first-order chi connectivity index (χ1) is 11.8. The maximum absolute atomic E-state index is 12.4. The maximum Gasteiger partial charge on any atom is 0.244 e. The summed E-state index contributed by atoms with van der Waals surface area (Å²) >= 11 is 0. The number of sulfone groups is 1. The number of rotatable bonds is 4. The fourth-order valence-corrected chi connectivity index (χ4v) is 5.20. The van der Waals surface area contributed by atoms with E-state index >= 15 is 0 Å². The molecule has 140 valence electrons. The predicted molar refractivity (Wildman–Crippen MR) is 96.1 cm³/mol. The lowest BCUT2D eigenvalue weighted by atomic mass is 10.0. The average Bonchev–Trinajstić information content (AvgIpc) is 3.01. The molecule has 1 N–H and O–H groups in total. The lowest BCUT2D eigenvalue weighted by Crippen LogP contribution is -2.50. The van der Waals surface area contributed by atoms with E-state index in [0.717, 1.165) is 44.3 Å². The summed E-state index contributed by atoms with van der Waals surface area (Å²) in [5, 5.41) is 7.35. The van der Waals surface area contributed by atoms with Gasteiger partial charge >= 0.3 is 0 Å². The number of aryl methyl sites for hydroxylation is 1. The van der Waals surface area contributed by atoms with Crippen molar-refractivity contribution in [3.63, 3.8) is 0 Å². The Kier molecular flexibility index (Phi) is 5.48. The van der Waals surface area contributed by atoms with Crippen molar-refractivity contribution in [1.82, 2.24) is 20.0 Å². The number of aromatic nitrogens is 2. The van der Waals surface area contributed by atoms with Crippen molar-refractivity contribution in [3.05, 3.63) is 18.0 Å². The van der Waals surface area contributed by atoms with Gasteiger partial charge in [0.2, 0.25) is 5.91 Å². The summed E-state index contributed by atoms with van der Waals surface area (Å²) in [6, 6.07) is 0.261. The Morgan fingerprint density at radius 2 is 1.88 bits per heavy atom. The Balaban J connectivity index is 1.45. The molecule has 0 saturated carbocycles. The minimum Gasteiger partial charge on any atom is -0.351 e. The van der Waals surface area contributed by atoms with Gasteiger partial charge < -0.3 is 10.2 Å². The summed E-state index contributed by atoms with van der Waals surface area (Å²) in [6.07, 6.45) is 6.96. The van der Waals surface area contributed by atoms with Gasteiger partial charge in [-0.1, -0.05) is 0 Å². The molecule has 0 aromatic carbocycles. The van der Waals surface area contributed by atoms with Crippen molar-refractivity contribution >= 4 is 15.7 Å². The number of nitrogens with one attached hydrogen (secondary N) is 1. The van der Waals surface area contributed by atoms with Crippen LogP contribution in [0.2, 0.25) is 0 Å². The average molecular weight is 369 g/mol. The fourth-order valence-electron chi connectivity index (χ4n) is 3.74. The highest BCUT2D eigenvalue weighted by Crippen LogP contribution is 2.22. The smallest absolute Gasteiger partial charge is 0.244 e. The summed E-state index contributed by atoms with van der Waals surface area (Å²) < 4.78 is 24.8. The first-order valence-electron chi connectivity index (χ1n) is 9.10. The van der Waals surface area contributed by atoms with Crippen LogP contribution < -0.4 is 5.32 Å². The molecule has 3 heterocycles. The normalized spacial score (nSPS) is 24.1. The number of hydrogen-bond acceptors (Lipinski definition) is 5. The first-order valence-corrected chi connectivity index (χ1v) is 10.9. The van der Waals surface area contributed by atoms with E-state index in [4.69, 9.17) is 0 Å². The van der Waals surface area contributed by atoms with Crippen molar-refractivity contribution in [1.29, 1.82) is 0 Å². The summed E-state index contributed by atoms with van der Waals surface area (Å²) in [5.41, 5.74) is 1.04. The van der Waals surface area contributed by atoms with E-state index in [-0.39, 0.29) is 18.0 Å². The van der Waals surface area contributed by atoms with Gasteiger partial charge in [-0.25, -0.2) is 8.42 Å². The van der Waals surface area contributed by atoms with Crippen LogP contribution in [0.5, 0.6) is 0 Å². The molecule has 2 saturated heterocycles. The third kappa shape index (κ3) is 4.61. The Hall–Kier alpha value is -1.41. The summed E-state index contributed by atoms with van der Waals surface area (Å²) in [7, 11) is -2.81. The van der Waals surface area contributed by atoms with Crippen molar-refractivity contribution in [2.45, 2.75) is 57.7 Å². The van der Waals surface area contributed by atoms with Gasteiger partial charge in [0, 0.05) is 31.4 Å². The van der Waals surface area contributed by atoms with Crippen LogP contribution in [0.4, 0.5) is 0 Å². The van der Waals surface area contributed by atoms with Crippen LogP contribution in [-0.2, 0) is 14.6 Å². The Morgan fingerprint density at radius 3 is 2.44 bits per heavy atom. The van der Waals surface area contributed by atoms with Crippen LogP contribution in [0.1, 0.15) is 44.2 Å². The Labute approximate surface area is 149 Å². The zero-order valence-electron chi connectivity index (χ0n) is 15.0. The topological polar surface area (TPSA) is 84.3 Å². The second-order valence-corrected chi connectivity index (χ2v) is 9.68. The highest BCUT2D eigenvalue weighted by atomic mass is 32.2. The molecule has 2 aliphatic heterocycles. The molecule has 8 heteroatoms. The number of amides is 1.